The van der Waals surface area contributed by atoms with Crippen LogP contribution >= 0.6 is 12.2 Å². The minimum Gasteiger partial charge on any atom is -0.494 e. The van der Waals surface area contributed by atoms with Gasteiger partial charge in [0, 0.05) is 5.41 Å². The van der Waals surface area contributed by atoms with E-state index in [1.54, 1.807) is 0 Å². The molecule has 0 spiro atoms. The zero-order valence-corrected chi connectivity index (χ0v) is 11.9. The van der Waals surface area contributed by atoms with Gasteiger partial charge in [-0.2, -0.15) is 0 Å². The lowest BCUT2D eigenvalue weighted by molar-refractivity contribution is 0.270. The highest BCUT2D eigenvalue weighted by molar-refractivity contribution is 7.80. The Balaban J connectivity index is 2.54. The zero-order valence-electron chi connectivity index (χ0n) is 11.0. The third kappa shape index (κ3) is 4.35. The van der Waals surface area contributed by atoms with Crippen LogP contribution in [0.3, 0.4) is 0 Å². The van der Waals surface area contributed by atoms with E-state index < -0.39 is 0 Å². The molecule has 0 bridgehead atoms. The molecule has 0 radical (unpaired) electrons. The van der Waals surface area contributed by atoms with Crippen molar-refractivity contribution in [2.45, 2.75) is 34.1 Å². The number of nitrogens with two attached hydrogens (primary N) is 1. The molecule has 0 saturated carbocycles. The summed E-state index contributed by atoms with van der Waals surface area (Å²) in [5, 5.41) is 0. The Bertz CT molecular complexity index is 392. The minimum absolute atomic E-state index is 0.145. The first kappa shape index (κ1) is 14.0. The van der Waals surface area contributed by atoms with Crippen molar-refractivity contribution in [3.8, 4) is 5.75 Å². The van der Waals surface area contributed by atoms with Gasteiger partial charge in [-0.05, 0) is 43.5 Å². The fraction of sp³-hybridized carbons (Fsp3) is 0.500. The van der Waals surface area contributed by atoms with Crippen LogP contribution in [0.15, 0.2) is 18.2 Å². The minimum atomic E-state index is -0.145. The smallest absolute Gasteiger partial charge is 0.119 e. The average Bonchev–Trinajstić information content (AvgIpc) is 2.15. The largest absolute Gasteiger partial charge is 0.494 e. The van der Waals surface area contributed by atoms with Crippen LogP contribution in [0.25, 0.3) is 0 Å². The van der Waals surface area contributed by atoms with Crippen molar-refractivity contribution >= 4 is 17.2 Å². The summed E-state index contributed by atoms with van der Waals surface area (Å²) in [6.45, 7) is 8.85. The van der Waals surface area contributed by atoms with Crippen LogP contribution in [-0.2, 0) is 0 Å². The topological polar surface area (TPSA) is 35.2 Å². The van der Waals surface area contributed by atoms with E-state index in [2.05, 4.69) is 19.9 Å². The molecule has 0 aliphatic rings. The van der Waals surface area contributed by atoms with Crippen LogP contribution in [0.1, 0.15) is 31.4 Å². The molecule has 0 fully saturated rings. The summed E-state index contributed by atoms with van der Waals surface area (Å²) in [6, 6.07) is 6.22. The SMILES string of the molecule is Cc1cc(C)cc(OCCC(C)(C)C(N)=S)c1. The van der Waals surface area contributed by atoms with Gasteiger partial charge in [-0.1, -0.05) is 32.1 Å². The highest BCUT2D eigenvalue weighted by atomic mass is 32.1. The van der Waals surface area contributed by atoms with Crippen LogP contribution < -0.4 is 10.5 Å². The Kier molecular flexibility index (Phi) is 4.52. The van der Waals surface area contributed by atoms with Crippen molar-refractivity contribution < 1.29 is 4.74 Å². The number of benzene rings is 1. The van der Waals surface area contributed by atoms with Gasteiger partial charge in [-0.15, -0.1) is 0 Å². The molecule has 0 amide bonds. The Morgan fingerprint density at radius 3 is 2.24 bits per heavy atom. The van der Waals surface area contributed by atoms with E-state index in [0.717, 1.165) is 12.2 Å². The lowest BCUT2D eigenvalue weighted by atomic mass is 9.90. The maximum absolute atomic E-state index is 5.74. The summed E-state index contributed by atoms with van der Waals surface area (Å²) in [4.78, 5) is 0.543. The molecule has 0 saturated heterocycles. The highest BCUT2D eigenvalue weighted by Crippen LogP contribution is 2.22. The van der Waals surface area contributed by atoms with E-state index in [1.807, 2.05) is 26.0 Å². The van der Waals surface area contributed by atoms with Crippen LogP contribution in [0, 0.1) is 19.3 Å². The lowest BCUT2D eigenvalue weighted by Gasteiger charge is -2.22. The lowest BCUT2D eigenvalue weighted by Crippen LogP contribution is -2.31. The van der Waals surface area contributed by atoms with Gasteiger partial charge in [0.15, 0.2) is 0 Å². The predicted octanol–water partition coefficient (Wildman–Crippen LogP) is 3.38. The van der Waals surface area contributed by atoms with Crippen molar-refractivity contribution in [2.24, 2.45) is 11.1 Å². The Hall–Kier alpha value is -1.09. The van der Waals surface area contributed by atoms with E-state index in [0.29, 0.717) is 11.6 Å². The monoisotopic (exact) mass is 251 g/mol. The summed E-state index contributed by atoms with van der Waals surface area (Å²) >= 11 is 5.03. The quantitative estimate of drug-likeness (QED) is 0.815. The molecule has 0 aliphatic heterocycles. The molecular formula is C14H21NOS. The molecule has 3 heteroatoms. The molecule has 2 nitrogen and oxygen atoms in total. The highest BCUT2D eigenvalue weighted by Gasteiger charge is 2.21. The second kappa shape index (κ2) is 5.50. The van der Waals surface area contributed by atoms with Gasteiger partial charge in [0.1, 0.15) is 5.75 Å². The van der Waals surface area contributed by atoms with Gasteiger partial charge >= 0.3 is 0 Å². The van der Waals surface area contributed by atoms with E-state index in [-0.39, 0.29) is 5.41 Å². The summed E-state index contributed by atoms with van der Waals surface area (Å²) in [5.41, 5.74) is 7.96. The summed E-state index contributed by atoms with van der Waals surface area (Å²) < 4.78 is 5.74. The number of hydrogen-bond donors (Lipinski definition) is 1. The number of rotatable bonds is 5. The molecule has 1 rings (SSSR count). The van der Waals surface area contributed by atoms with Crippen LogP contribution in [0.2, 0.25) is 0 Å². The predicted molar refractivity (Wildman–Crippen MR) is 76.6 cm³/mol. The van der Waals surface area contributed by atoms with Gasteiger partial charge < -0.3 is 10.5 Å². The van der Waals surface area contributed by atoms with Crippen LogP contribution in [0.4, 0.5) is 0 Å². The molecule has 0 aliphatic carbocycles. The maximum atomic E-state index is 5.74. The van der Waals surface area contributed by atoms with Gasteiger partial charge in [-0.3, -0.25) is 0 Å². The molecule has 0 aromatic heterocycles. The first-order valence-corrected chi connectivity index (χ1v) is 6.23. The van der Waals surface area contributed by atoms with E-state index in [9.17, 15) is 0 Å². The van der Waals surface area contributed by atoms with Gasteiger partial charge in [0.05, 0.1) is 11.6 Å². The first-order chi connectivity index (χ1) is 7.81. The molecule has 1 aromatic carbocycles. The molecule has 1 aromatic rings. The first-order valence-electron chi connectivity index (χ1n) is 5.82. The number of aryl methyl sites for hydroxylation is 2. The van der Waals surface area contributed by atoms with Crippen molar-refractivity contribution in [2.75, 3.05) is 6.61 Å². The third-order valence-electron chi connectivity index (χ3n) is 2.86. The maximum Gasteiger partial charge on any atom is 0.119 e. The second-order valence-corrected chi connectivity index (χ2v) is 5.61. The molecular weight excluding hydrogens is 230 g/mol. The Labute approximate surface area is 109 Å². The van der Waals surface area contributed by atoms with E-state index in [4.69, 9.17) is 22.7 Å². The van der Waals surface area contributed by atoms with Gasteiger partial charge in [0.25, 0.3) is 0 Å². The fourth-order valence-corrected chi connectivity index (χ4v) is 1.67. The van der Waals surface area contributed by atoms with E-state index in [1.165, 1.54) is 11.1 Å². The number of thiocarbonyl (C=S) groups is 1. The number of ether oxygens (including phenoxy) is 1. The molecule has 2 N–H and O–H groups in total. The van der Waals surface area contributed by atoms with Crippen LogP contribution in [-0.4, -0.2) is 11.6 Å². The Morgan fingerprint density at radius 2 is 1.76 bits per heavy atom. The fourth-order valence-electron chi connectivity index (χ4n) is 1.56. The van der Waals surface area contributed by atoms with Crippen LogP contribution in [0.5, 0.6) is 5.75 Å². The zero-order chi connectivity index (χ0) is 13.1. The third-order valence-corrected chi connectivity index (χ3v) is 3.41. The average molecular weight is 251 g/mol. The molecule has 94 valence electrons. The van der Waals surface area contributed by atoms with Crippen molar-refractivity contribution in [3.63, 3.8) is 0 Å². The second-order valence-electron chi connectivity index (χ2n) is 5.17. The molecule has 0 heterocycles. The summed E-state index contributed by atoms with van der Waals surface area (Å²) in [7, 11) is 0. The van der Waals surface area contributed by atoms with Gasteiger partial charge in [0.2, 0.25) is 0 Å². The Morgan fingerprint density at radius 1 is 1.24 bits per heavy atom. The molecule has 17 heavy (non-hydrogen) atoms. The summed E-state index contributed by atoms with van der Waals surface area (Å²) in [6.07, 6.45) is 0.829. The molecule has 0 atom stereocenters. The standard InChI is InChI=1S/C14H21NOS/c1-10-7-11(2)9-12(8-10)16-6-5-14(3,4)13(15)17/h7-9H,5-6H2,1-4H3,(H2,15,17). The number of hydrogen-bond acceptors (Lipinski definition) is 2. The van der Waals surface area contributed by atoms with Gasteiger partial charge in [-0.25, -0.2) is 0 Å². The van der Waals surface area contributed by atoms with Crippen molar-refractivity contribution in [1.82, 2.24) is 0 Å². The molecule has 0 unspecified atom stereocenters. The van der Waals surface area contributed by atoms with E-state index >= 15 is 0 Å². The van der Waals surface area contributed by atoms with Crippen molar-refractivity contribution in [1.29, 1.82) is 0 Å². The normalized spacial score (nSPS) is 11.3. The summed E-state index contributed by atoms with van der Waals surface area (Å²) in [5.74, 6) is 0.918. The van der Waals surface area contributed by atoms with Crippen molar-refractivity contribution in [3.05, 3.63) is 29.3 Å².